The maximum absolute atomic E-state index is 13.7. The molecule has 1 aliphatic carbocycles. The Morgan fingerprint density at radius 2 is 1.86 bits per heavy atom. The molecule has 9 heteroatoms. The number of oxazole rings is 1. The van der Waals surface area contributed by atoms with Crippen LogP contribution in [0.3, 0.4) is 0 Å². The molecule has 2 aromatic heterocycles. The molecule has 1 saturated carbocycles. The topological polar surface area (TPSA) is 110 Å². The molecule has 5 aromatic rings. The summed E-state index contributed by atoms with van der Waals surface area (Å²) in [7, 11) is 0. The molecule has 0 aliphatic heterocycles. The predicted molar refractivity (Wildman–Crippen MR) is 130 cm³/mol. The number of hydrogen-bond acceptors (Lipinski definition) is 5. The number of benzene rings is 3. The van der Waals surface area contributed by atoms with Crippen LogP contribution >= 0.6 is 11.6 Å². The van der Waals surface area contributed by atoms with Crippen molar-refractivity contribution in [2.24, 2.45) is 0 Å². The van der Waals surface area contributed by atoms with E-state index in [1.165, 1.54) is 6.39 Å². The molecule has 1 fully saturated rings. The molecular formula is C26H19ClN4O4. The van der Waals surface area contributed by atoms with Gasteiger partial charge in [-0.3, -0.25) is 9.48 Å². The van der Waals surface area contributed by atoms with Gasteiger partial charge in [0.05, 0.1) is 40.3 Å². The predicted octanol–water partition coefficient (Wildman–Crippen LogP) is 5.00. The van der Waals surface area contributed by atoms with Gasteiger partial charge in [-0.15, -0.1) is 0 Å². The van der Waals surface area contributed by atoms with Crippen molar-refractivity contribution < 1.29 is 19.1 Å². The van der Waals surface area contributed by atoms with Gasteiger partial charge in [-0.1, -0.05) is 35.9 Å². The lowest BCUT2D eigenvalue weighted by atomic mass is 10.0. The van der Waals surface area contributed by atoms with Crippen molar-refractivity contribution in [3.8, 4) is 0 Å². The van der Waals surface area contributed by atoms with Gasteiger partial charge in [-0.25, -0.2) is 9.78 Å². The van der Waals surface area contributed by atoms with Crippen molar-refractivity contribution >= 4 is 45.5 Å². The van der Waals surface area contributed by atoms with Crippen LogP contribution in [0, 0.1) is 0 Å². The Kier molecular flexibility index (Phi) is 4.86. The molecule has 0 atom stereocenters. The molecule has 0 spiro atoms. The van der Waals surface area contributed by atoms with Crippen molar-refractivity contribution in [1.82, 2.24) is 20.1 Å². The van der Waals surface area contributed by atoms with Crippen LogP contribution in [0.2, 0.25) is 5.02 Å². The monoisotopic (exact) mass is 486 g/mol. The van der Waals surface area contributed by atoms with Gasteiger partial charge in [0.15, 0.2) is 12.0 Å². The molecule has 3 aromatic carbocycles. The Morgan fingerprint density at radius 1 is 1.11 bits per heavy atom. The Bertz CT molecular complexity index is 1600. The first-order valence-electron chi connectivity index (χ1n) is 11.1. The first-order chi connectivity index (χ1) is 16.9. The normalized spacial score (nSPS) is 14.3. The molecule has 1 aliphatic rings. The SMILES string of the molecule is O=C(O)c1ccc(C2(NC(=O)c3cc4ncoc4c4cnn(Cc5ccc(Cl)cc5)c34)CC2)cc1. The van der Waals surface area contributed by atoms with E-state index in [0.717, 1.165) is 24.0 Å². The second kappa shape index (κ2) is 7.95. The summed E-state index contributed by atoms with van der Waals surface area (Å²) >= 11 is 6.03. The van der Waals surface area contributed by atoms with E-state index in [1.54, 1.807) is 41.2 Å². The Hall–Kier alpha value is -4.17. The van der Waals surface area contributed by atoms with Crippen LogP contribution in [0.25, 0.3) is 22.0 Å². The summed E-state index contributed by atoms with van der Waals surface area (Å²) in [6.45, 7) is 0.447. The van der Waals surface area contributed by atoms with Crippen LogP contribution in [-0.2, 0) is 12.1 Å². The highest BCUT2D eigenvalue weighted by Gasteiger charge is 2.46. The fourth-order valence-corrected chi connectivity index (χ4v) is 4.61. The lowest BCUT2D eigenvalue weighted by Gasteiger charge is -2.19. The standard InChI is InChI=1S/C26H19ClN4O4/c27-18-7-1-15(2-8-18)13-31-22-19(11-21-23(35-14-28-21)20(22)12-29-31)24(32)30-26(9-10-26)17-5-3-16(4-6-17)25(33)34/h1-8,11-12,14H,9-10,13H2,(H,30,32)(H,33,34). The summed E-state index contributed by atoms with van der Waals surface area (Å²) < 4.78 is 7.37. The van der Waals surface area contributed by atoms with Crippen molar-refractivity contribution in [3.05, 3.63) is 94.5 Å². The van der Waals surface area contributed by atoms with E-state index in [0.29, 0.717) is 39.1 Å². The fraction of sp³-hybridized carbons (Fsp3) is 0.154. The molecule has 0 bridgehead atoms. The molecule has 0 radical (unpaired) electrons. The number of fused-ring (bicyclic) bond motifs is 3. The number of rotatable bonds is 6. The zero-order chi connectivity index (χ0) is 24.2. The molecule has 35 heavy (non-hydrogen) atoms. The van der Waals surface area contributed by atoms with E-state index in [1.807, 2.05) is 24.3 Å². The van der Waals surface area contributed by atoms with Crippen molar-refractivity contribution in [1.29, 1.82) is 0 Å². The van der Waals surface area contributed by atoms with Gasteiger partial charge in [0.1, 0.15) is 5.52 Å². The first kappa shape index (κ1) is 21.4. The number of carboxylic acid groups (broad SMARTS) is 1. The van der Waals surface area contributed by atoms with Crippen LogP contribution in [-0.4, -0.2) is 31.7 Å². The van der Waals surface area contributed by atoms with Crippen molar-refractivity contribution in [3.63, 3.8) is 0 Å². The molecular weight excluding hydrogens is 468 g/mol. The minimum atomic E-state index is -0.984. The number of aromatic carboxylic acids is 1. The molecule has 8 nitrogen and oxygen atoms in total. The van der Waals surface area contributed by atoms with Crippen LogP contribution in [0.15, 0.2) is 71.6 Å². The van der Waals surface area contributed by atoms with E-state index < -0.39 is 11.5 Å². The Balaban J connectivity index is 1.39. The minimum Gasteiger partial charge on any atom is -0.478 e. The van der Waals surface area contributed by atoms with Crippen molar-refractivity contribution in [2.75, 3.05) is 0 Å². The number of nitrogens with one attached hydrogen (secondary N) is 1. The molecule has 0 saturated heterocycles. The van der Waals surface area contributed by atoms with Crippen LogP contribution in [0.4, 0.5) is 0 Å². The van der Waals surface area contributed by atoms with E-state index in [2.05, 4.69) is 15.4 Å². The van der Waals surface area contributed by atoms with Gasteiger partial charge >= 0.3 is 5.97 Å². The summed E-state index contributed by atoms with van der Waals surface area (Å²) in [6, 6.07) is 15.8. The number of aromatic nitrogens is 3. The summed E-state index contributed by atoms with van der Waals surface area (Å²) in [5.41, 5.74) is 3.79. The fourth-order valence-electron chi connectivity index (χ4n) is 4.48. The van der Waals surface area contributed by atoms with Crippen LogP contribution < -0.4 is 5.32 Å². The van der Waals surface area contributed by atoms with Gasteiger partial charge in [-0.05, 0) is 54.3 Å². The van der Waals surface area contributed by atoms with Crippen molar-refractivity contribution in [2.45, 2.75) is 24.9 Å². The minimum absolute atomic E-state index is 0.208. The lowest BCUT2D eigenvalue weighted by molar-refractivity contribution is 0.0696. The molecule has 174 valence electrons. The molecule has 0 unspecified atom stereocenters. The maximum Gasteiger partial charge on any atom is 0.335 e. The van der Waals surface area contributed by atoms with Gasteiger partial charge in [0.25, 0.3) is 5.91 Å². The molecule has 6 rings (SSSR count). The Labute approximate surface area is 204 Å². The van der Waals surface area contributed by atoms with Gasteiger partial charge < -0.3 is 14.8 Å². The lowest BCUT2D eigenvalue weighted by Crippen LogP contribution is -2.35. The Morgan fingerprint density at radius 3 is 2.54 bits per heavy atom. The zero-order valence-electron chi connectivity index (χ0n) is 18.4. The molecule has 2 heterocycles. The van der Waals surface area contributed by atoms with E-state index >= 15 is 0 Å². The number of halogens is 1. The number of hydrogen-bond donors (Lipinski definition) is 2. The molecule has 2 N–H and O–H groups in total. The average molecular weight is 487 g/mol. The number of carboxylic acids is 1. The van der Waals surface area contributed by atoms with E-state index in [9.17, 15) is 14.7 Å². The maximum atomic E-state index is 13.7. The number of carbonyl (C=O) groups is 2. The number of amides is 1. The van der Waals surface area contributed by atoms with Gasteiger partial charge in [0, 0.05) is 5.02 Å². The smallest absolute Gasteiger partial charge is 0.335 e. The van der Waals surface area contributed by atoms with Gasteiger partial charge in [-0.2, -0.15) is 5.10 Å². The third kappa shape index (κ3) is 3.72. The number of nitrogens with zero attached hydrogens (tertiary/aromatic N) is 3. The summed E-state index contributed by atoms with van der Waals surface area (Å²) in [5, 5.41) is 18.3. The van der Waals surface area contributed by atoms with Crippen LogP contribution in [0.5, 0.6) is 0 Å². The highest BCUT2D eigenvalue weighted by molar-refractivity contribution is 6.30. The third-order valence-electron chi connectivity index (χ3n) is 6.49. The largest absolute Gasteiger partial charge is 0.478 e. The number of carbonyl (C=O) groups excluding carboxylic acids is 1. The highest BCUT2D eigenvalue weighted by atomic mass is 35.5. The van der Waals surface area contributed by atoms with Gasteiger partial charge in [0.2, 0.25) is 0 Å². The quantitative estimate of drug-likeness (QED) is 0.349. The molecule has 1 amide bonds. The highest BCUT2D eigenvalue weighted by Crippen LogP contribution is 2.46. The third-order valence-corrected chi connectivity index (χ3v) is 6.74. The van der Waals surface area contributed by atoms with E-state index in [4.69, 9.17) is 16.0 Å². The summed E-state index contributed by atoms with van der Waals surface area (Å²) in [5.74, 6) is -1.24. The second-order valence-electron chi connectivity index (χ2n) is 8.73. The zero-order valence-corrected chi connectivity index (χ0v) is 19.1. The van der Waals surface area contributed by atoms with E-state index in [-0.39, 0.29) is 11.5 Å². The summed E-state index contributed by atoms with van der Waals surface area (Å²) in [6.07, 6.45) is 4.58. The summed E-state index contributed by atoms with van der Waals surface area (Å²) in [4.78, 5) is 29.1. The first-order valence-corrected chi connectivity index (χ1v) is 11.4. The second-order valence-corrected chi connectivity index (χ2v) is 9.17. The van der Waals surface area contributed by atoms with Crippen LogP contribution in [0.1, 0.15) is 44.7 Å². The average Bonchev–Trinajstić information content (AvgIpc) is 3.28.